The lowest BCUT2D eigenvalue weighted by Gasteiger charge is -2.14. The van der Waals surface area contributed by atoms with Crippen molar-refractivity contribution in [2.75, 3.05) is 19.8 Å². The fourth-order valence-electron chi connectivity index (χ4n) is 1.49. The van der Waals surface area contributed by atoms with E-state index < -0.39 is 18.4 Å². The molecule has 0 radical (unpaired) electrons. The zero-order chi connectivity index (χ0) is 14.3. The molecule has 1 aromatic carbocycles. The molecule has 0 heterocycles. The molecule has 0 saturated carbocycles. The van der Waals surface area contributed by atoms with Gasteiger partial charge in [-0.3, -0.25) is 0 Å². The Morgan fingerprint density at radius 3 is 2.53 bits per heavy atom. The SMILES string of the molecule is CCOc1ccc(COCC(=O)O)c(F)c1OCC. The van der Waals surface area contributed by atoms with Crippen molar-refractivity contribution in [3.05, 3.63) is 23.5 Å². The van der Waals surface area contributed by atoms with E-state index in [1.54, 1.807) is 19.9 Å². The monoisotopic (exact) mass is 272 g/mol. The van der Waals surface area contributed by atoms with Gasteiger partial charge in [-0.25, -0.2) is 9.18 Å². The van der Waals surface area contributed by atoms with Crippen molar-refractivity contribution in [1.29, 1.82) is 0 Å². The van der Waals surface area contributed by atoms with Crippen LogP contribution in [0, 0.1) is 5.82 Å². The van der Waals surface area contributed by atoms with E-state index in [-0.39, 0.29) is 17.9 Å². The van der Waals surface area contributed by atoms with E-state index in [9.17, 15) is 9.18 Å². The van der Waals surface area contributed by atoms with Crippen LogP contribution >= 0.6 is 0 Å². The van der Waals surface area contributed by atoms with Crippen molar-refractivity contribution in [3.63, 3.8) is 0 Å². The molecule has 0 saturated heterocycles. The summed E-state index contributed by atoms with van der Waals surface area (Å²) in [6.07, 6.45) is 0. The molecular weight excluding hydrogens is 255 g/mol. The number of aliphatic carboxylic acids is 1. The van der Waals surface area contributed by atoms with Crippen molar-refractivity contribution in [1.82, 2.24) is 0 Å². The molecule has 0 unspecified atom stereocenters. The van der Waals surface area contributed by atoms with Crippen LogP contribution in [0.5, 0.6) is 11.5 Å². The van der Waals surface area contributed by atoms with Crippen molar-refractivity contribution >= 4 is 5.97 Å². The van der Waals surface area contributed by atoms with Crippen LogP contribution in [-0.4, -0.2) is 30.9 Å². The normalized spacial score (nSPS) is 10.3. The summed E-state index contributed by atoms with van der Waals surface area (Å²) in [5.41, 5.74) is 0.230. The zero-order valence-electron chi connectivity index (χ0n) is 10.9. The fourth-order valence-corrected chi connectivity index (χ4v) is 1.49. The first kappa shape index (κ1) is 15.2. The molecule has 0 aliphatic heterocycles. The summed E-state index contributed by atoms with van der Waals surface area (Å²) in [5, 5.41) is 8.45. The van der Waals surface area contributed by atoms with Crippen LogP contribution in [0.4, 0.5) is 4.39 Å². The first-order chi connectivity index (χ1) is 9.10. The van der Waals surface area contributed by atoms with Gasteiger partial charge in [0.15, 0.2) is 17.3 Å². The maximum absolute atomic E-state index is 14.1. The molecule has 106 valence electrons. The van der Waals surface area contributed by atoms with E-state index in [4.69, 9.17) is 19.3 Å². The Hall–Kier alpha value is -1.82. The van der Waals surface area contributed by atoms with Crippen LogP contribution < -0.4 is 9.47 Å². The number of hydrogen-bond acceptors (Lipinski definition) is 4. The molecule has 5 nitrogen and oxygen atoms in total. The topological polar surface area (TPSA) is 65.0 Å². The second-order valence-electron chi connectivity index (χ2n) is 3.62. The van der Waals surface area contributed by atoms with Crippen molar-refractivity contribution in [2.45, 2.75) is 20.5 Å². The highest BCUT2D eigenvalue weighted by Crippen LogP contribution is 2.32. The Morgan fingerprint density at radius 2 is 1.95 bits per heavy atom. The van der Waals surface area contributed by atoms with E-state index in [2.05, 4.69) is 0 Å². The van der Waals surface area contributed by atoms with Gasteiger partial charge in [-0.05, 0) is 26.0 Å². The van der Waals surface area contributed by atoms with Crippen molar-refractivity contribution < 1.29 is 28.5 Å². The van der Waals surface area contributed by atoms with Gasteiger partial charge in [0.1, 0.15) is 6.61 Å². The first-order valence-corrected chi connectivity index (χ1v) is 5.96. The summed E-state index contributed by atoms with van der Waals surface area (Å²) in [6.45, 7) is 3.62. The molecule has 0 bridgehead atoms. The maximum atomic E-state index is 14.1. The van der Waals surface area contributed by atoms with Crippen LogP contribution in [0.3, 0.4) is 0 Å². The smallest absolute Gasteiger partial charge is 0.329 e. The standard InChI is InChI=1S/C13H17FO5/c1-3-18-10-6-5-9(7-17-8-11(15)16)12(14)13(10)19-4-2/h5-6H,3-4,7-8H2,1-2H3,(H,15,16). The van der Waals surface area contributed by atoms with Crippen molar-refractivity contribution in [2.24, 2.45) is 0 Å². The Morgan fingerprint density at radius 1 is 1.26 bits per heavy atom. The average molecular weight is 272 g/mol. The second kappa shape index (κ2) is 7.58. The number of ether oxygens (including phenoxy) is 3. The van der Waals surface area contributed by atoms with Crippen LogP contribution in [0.25, 0.3) is 0 Å². The minimum absolute atomic E-state index is 0.0285. The van der Waals surface area contributed by atoms with Gasteiger partial charge in [0.2, 0.25) is 0 Å². The summed E-state index contributed by atoms with van der Waals surface area (Å²) in [4.78, 5) is 10.3. The molecule has 1 aromatic rings. The number of carboxylic acid groups (broad SMARTS) is 1. The van der Waals surface area contributed by atoms with E-state index >= 15 is 0 Å². The number of hydrogen-bond donors (Lipinski definition) is 1. The van der Waals surface area contributed by atoms with Crippen LogP contribution in [0.1, 0.15) is 19.4 Å². The number of benzene rings is 1. The molecule has 1 rings (SSSR count). The number of halogens is 1. The summed E-state index contributed by atoms with van der Waals surface area (Å²) in [6, 6.07) is 3.07. The molecule has 0 aliphatic rings. The third-order valence-corrected chi connectivity index (χ3v) is 2.21. The third kappa shape index (κ3) is 4.40. The maximum Gasteiger partial charge on any atom is 0.329 e. The minimum atomic E-state index is -1.10. The van der Waals surface area contributed by atoms with E-state index in [1.165, 1.54) is 6.07 Å². The highest BCUT2D eigenvalue weighted by molar-refractivity contribution is 5.68. The quantitative estimate of drug-likeness (QED) is 0.786. The minimum Gasteiger partial charge on any atom is -0.490 e. The largest absolute Gasteiger partial charge is 0.490 e. The fraction of sp³-hybridized carbons (Fsp3) is 0.462. The summed E-state index contributed by atoms with van der Waals surface area (Å²) < 4.78 is 29.5. The summed E-state index contributed by atoms with van der Waals surface area (Å²) in [7, 11) is 0. The van der Waals surface area contributed by atoms with Crippen LogP contribution in [-0.2, 0) is 16.1 Å². The van der Waals surface area contributed by atoms with Gasteiger partial charge < -0.3 is 19.3 Å². The Bertz CT molecular complexity index is 433. The van der Waals surface area contributed by atoms with Crippen LogP contribution in [0.15, 0.2) is 12.1 Å². The molecular formula is C13H17FO5. The molecule has 0 aliphatic carbocycles. The number of carboxylic acids is 1. The second-order valence-corrected chi connectivity index (χ2v) is 3.62. The van der Waals surface area contributed by atoms with Gasteiger partial charge >= 0.3 is 5.97 Å². The summed E-state index contributed by atoms with van der Waals surface area (Å²) in [5.74, 6) is -1.33. The molecule has 6 heteroatoms. The van der Waals surface area contributed by atoms with E-state index in [0.717, 1.165) is 0 Å². The molecule has 0 aromatic heterocycles. The third-order valence-electron chi connectivity index (χ3n) is 2.21. The average Bonchev–Trinajstić information content (AvgIpc) is 2.36. The molecule has 1 N–H and O–H groups in total. The van der Waals surface area contributed by atoms with Crippen LogP contribution in [0.2, 0.25) is 0 Å². The number of rotatable bonds is 8. The van der Waals surface area contributed by atoms with Gasteiger partial charge in [0.25, 0.3) is 0 Å². The predicted molar refractivity (Wildman–Crippen MR) is 66.0 cm³/mol. The van der Waals surface area contributed by atoms with Gasteiger partial charge in [-0.1, -0.05) is 0 Å². The molecule has 0 amide bonds. The van der Waals surface area contributed by atoms with E-state index in [1.807, 2.05) is 0 Å². The highest BCUT2D eigenvalue weighted by atomic mass is 19.1. The molecule has 0 fully saturated rings. The van der Waals surface area contributed by atoms with Gasteiger partial charge in [0.05, 0.1) is 19.8 Å². The van der Waals surface area contributed by atoms with Gasteiger partial charge in [-0.15, -0.1) is 0 Å². The lowest BCUT2D eigenvalue weighted by Crippen LogP contribution is -2.08. The number of carbonyl (C=O) groups is 1. The van der Waals surface area contributed by atoms with E-state index in [0.29, 0.717) is 19.0 Å². The zero-order valence-corrected chi connectivity index (χ0v) is 10.9. The van der Waals surface area contributed by atoms with Gasteiger partial charge in [0, 0.05) is 5.56 Å². The Labute approximate surface area is 110 Å². The first-order valence-electron chi connectivity index (χ1n) is 5.96. The summed E-state index contributed by atoms with van der Waals surface area (Å²) >= 11 is 0. The Kier molecular flexibility index (Phi) is 6.08. The molecule has 19 heavy (non-hydrogen) atoms. The lowest BCUT2D eigenvalue weighted by molar-refractivity contribution is -0.142. The molecule has 0 atom stereocenters. The molecule has 0 spiro atoms. The highest BCUT2D eigenvalue weighted by Gasteiger charge is 2.16. The lowest BCUT2D eigenvalue weighted by atomic mass is 10.2. The van der Waals surface area contributed by atoms with Gasteiger partial charge in [-0.2, -0.15) is 0 Å². The predicted octanol–water partition coefficient (Wildman–Crippen LogP) is 2.22. The van der Waals surface area contributed by atoms with Crippen molar-refractivity contribution in [3.8, 4) is 11.5 Å². The Balaban J connectivity index is 2.88.